The van der Waals surface area contributed by atoms with Gasteiger partial charge in [-0.15, -0.1) is 15.3 Å². The van der Waals surface area contributed by atoms with E-state index in [4.69, 9.17) is 19.8 Å². The van der Waals surface area contributed by atoms with Gasteiger partial charge in [-0.3, -0.25) is 0 Å². The molecule has 6 rings (SSSR count). The predicted octanol–water partition coefficient (Wildman–Crippen LogP) is 3.36. The number of halogens is 2. The van der Waals surface area contributed by atoms with Crippen LogP contribution in [0.3, 0.4) is 0 Å². The highest BCUT2D eigenvalue weighted by atomic mass is 79.9. The normalized spacial score (nSPS) is 15.6. The molecule has 2 atom stereocenters. The first-order valence-electron chi connectivity index (χ1n) is 14.6. The van der Waals surface area contributed by atoms with E-state index in [1.165, 1.54) is 27.7 Å². The largest absolute Gasteiger partial charge is 0.497 e. The van der Waals surface area contributed by atoms with Crippen molar-refractivity contribution in [1.29, 1.82) is 0 Å². The van der Waals surface area contributed by atoms with Crippen LogP contribution in [0, 0.1) is 0 Å². The van der Waals surface area contributed by atoms with Crippen molar-refractivity contribution < 1.29 is 26.3 Å². The van der Waals surface area contributed by atoms with Crippen molar-refractivity contribution in [2.24, 2.45) is 10.3 Å². The molecular formula is C30H28Br2N10O6S2. The molecule has 2 heterocycles. The number of primary sulfonamides is 2. The summed E-state index contributed by atoms with van der Waals surface area (Å²) in [4.78, 5) is 0.863. The molecule has 1 aliphatic rings. The van der Waals surface area contributed by atoms with E-state index in [9.17, 15) is 16.8 Å². The Labute approximate surface area is 303 Å². The first kappa shape index (κ1) is 35.6. The molecule has 0 saturated heterocycles. The lowest BCUT2D eigenvalue weighted by Gasteiger charge is -2.24. The number of aromatic nitrogens is 8. The number of hydrogen-bond acceptors (Lipinski definition) is 12. The van der Waals surface area contributed by atoms with Gasteiger partial charge in [-0.2, -0.15) is 4.80 Å². The highest BCUT2D eigenvalue weighted by molar-refractivity contribution is 9.11. The Bertz CT molecular complexity index is 2360. The fraction of sp³-hybridized carbons (Fsp3) is 0.200. The molecule has 2 unspecified atom stereocenters. The Balaban J connectivity index is 1.53. The van der Waals surface area contributed by atoms with Gasteiger partial charge in [0.15, 0.2) is 5.82 Å². The Hall–Kier alpha value is -4.18. The summed E-state index contributed by atoms with van der Waals surface area (Å²) < 4.78 is 63.8. The minimum atomic E-state index is -4.30. The number of ether oxygens (including phenoxy) is 2. The maximum Gasteiger partial charge on any atom is 0.238 e. The second kappa shape index (κ2) is 14.2. The molecule has 0 amide bonds. The molecule has 1 aliphatic carbocycles. The van der Waals surface area contributed by atoms with Gasteiger partial charge in [0, 0.05) is 16.1 Å². The molecular weight excluding hydrogens is 820 g/mol. The van der Waals surface area contributed by atoms with E-state index < -0.39 is 26.1 Å². The molecule has 0 fully saturated rings. The molecule has 50 heavy (non-hydrogen) atoms. The molecule has 16 nitrogen and oxygen atoms in total. The molecule has 0 radical (unpaired) electrons. The molecule has 5 aromatic rings. The molecule has 260 valence electrons. The van der Waals surface area contributed by atoms with Crippen molar-refractivity contribution in [2.75, 3.05) is 14.2 Å². The maximum absolute atomic E-state index is 13.0. The maximum atomic E-state index is 13.0. The summed E-state index contributed by atoms with van der Waals surface area (Å²) in [6, 6.07) is 13.8. The minimum Gasteiger partial charge on any atom is -0.497 e. The average molecular weight is 849 g/mol. The fourth-order valence-corrected chi connectivity index (χ4v) is 8.49. The summed E-state index contributed by atoms with van der Waals surface area (Å²) in [6.45, 7) is 0.190. The number of allylic oxidation sites excluding steroid dienone is 2. The molecule has 0 saturated carbocycles. The monoisotopic (exact) mass is 846 g/mol. The summed E-state index contributed by atoms with van der Waals surface area (Å²) >= 11 is 7.05. The number of nitrogens with two attached hydrogens (primary N) is 2. The lowest BCUT2D eigenvalue weighted by Crippen LogP contribution is -2.21. The van der Waals surface area contributed by atoms with E-state index >= 15 is 0 Å². The quantitative estimate of drug-likeness (QED) is 0.195. The Morgan fingerprint density at radius 2 is 1.64 bits per heavy atom. The third-order valence-corrected chi connectivity index (χ3v) is 11.3. The van der Waals surface area contributed by atoms with E-state index in [-0.39, 0.29) is 49.7 Å². The highest BCUT2D eigenvalue weighted by Gasteiger charge is 2.32. The van der Waals surface area contributed by atoms with Crippen LogP contribution >= 0.6 is 31.9 Å². The Kier molecular flexibility index (Phi) is 10.1. The van der Waals surface area contributed by atoms with Crippen molar-refractivity contribution in [3.63, 3.8) is 0 Å². The lowest BCUT2D eigenvalue weighted by molar-refractivity contribution is 0.142. The zero-order chi connectivity index (χ0) is 35.8. The van der Waals surface area contributed by atoms with E-state index in [0.29, 0.717) is 27.8 Å². The topological polar surface area (TPSA) is 226 Å². The van der Waals surface area contributed by atoms with Gasteiger partial charge in [0.1, 0.15) is 11.8 Å². The van der Waals surface area contributed by atoms with E-state index in [1.54, 1.807) is 38.5 Å². The third-order valence-electron chi connectivity index (χ3n) is 7.85. The minimum absolute atomic E-state index is 0.0254. The summed E-state index contributed by atoms with van der Waals surface area (Å²) in [5, 5.41) is 36.6. The van der Waals surface area contributed by atoms with E-state index in [2.05, 4.69) is 62.8 Å². The van der Waals surface area contributed by atoms with Crippen molar-refractivity contribution in [3.05, 3.63) is 98.5 Å². The molecule has 0 aliphatic heterocycles. The molecule has 4 N–H and O–H groups in total. The van der Waals surface area contributed by atoms with Crippen molar-refractivity contribution in [2.45, 2.75) is 34.9 Å². The van der Waals surface area contributed by atoms with Gasteiger partial charge in [0.05, 0.1) is 40.7 Å². The zero-order valence-electron chi connectivity index (χ0n) is 26.3. The van der Waals surface area contributed by atoms with E-state index in [0.717, 1.165) is 5.56 Å². The Morgan fingerprint density at radius 1 is 0.920 bits per heavy atom. The van der Waals surface area contributed by atoms with E-state index in [1.807, 2.05) is 30.4 Å². The first-order chi connectivity index (χ1) is 23.8. The number of rotatable bonds is 11. The van der Waals surface area contributed by atoms with Gasteiger partial charge in [0.2, 0.25) is 25.9 Å². The Morgan fingerprint density at radius 3 is 2.28 bits per heavy atom. The van der Waals surface area contributed by atoms with Crippen LogP contribution in [0.25, 0.3) is 22.8 Å². The summed E-state index contributed by atoms with van der Waals surface area (Å²) in [6.07, 6.45) is 5.98. The standard InChI is InChI=1S/C30H28Br2N10O6S2/c1-47-19-10-6-17(7-11-19)16-41-30(36-38-40-41)26-24(50(34,45)46)15-14-21(27(26)32)28(18-8-12-20(48-2)13-9-18)42-37-29(35-39-42)25-22(31)4-3-5-23(25)49(33,43)44/h3-12,14-15,20,28H,13,16H2,1-2H3,(H2,33,43,44)(H2,34,45,46). The summed E-state index contributed by atoms with van der Waals surface area (Å²) in [5.74, 6) is 0.753. The van der Waals surface area contributed by atoms with Crippen LogP contribution in [0.15, 0.2) is 97.1 Å². The number of sulfonamides is 2. The van der Waals surface area contributed by atoms with Crippen LogP contribution in [0.1, 0.15) is 23.6 Å². The number of tetrazole rings is 2. The molecule has 3 aromatic carbocycles. The third kappa shape index (κ3) is 7.18. The van der Waals surface area contributed by atoms with Gasteiger partial charge >= 0.3 is 0 Å². The molecule has 0 spiro atoms. The highest BCUT2D eigenvalue weighted by Crippen LogP contribution is 2.42. The predicted molar refractivity (Wildman–Crippen MR) is 188 cm³/mol. The van der Waals surface area contributed by atoms with Crippen LogP contribution in [-0.4, -0.2) is 77.6 Å². The first-order valence-corrected chi connectivity index (χ1v) is 19.2. The molecule has 2 aromatic heterocycles. The van der Waals surface area contributed by atoms with Crippen LogP contribution in [0.5, 0.6) is 5.75 Å². The number of nitrogens with zero attached hydrogens (tertiary/aromatic N) is 8. The second-order valence-corrected chi connectivity index (χ2v) is 15.7. The average Bonchev–Trinajstić information content (AvgIpc) is 3.75. The zero-order valence-corrected chi connectivity index (χ0v) is 31.1. The van der Waals surface area contributed by atoms with Crippen LogP contribution in [0.4, 0.5) is 0 Å². The second-order valence-electron chi connectivity index (χ2n) is 11.0. The molecule has 0 bridgehead atoms. The smallest absolute Gasteiger partial charge is 0.238 e. The SMILES string of the molecule is COc1ccc(Cn2nnnc2-c2c(S(N)(=O)=O)ccc(C(C3=CCC(OC)C=C3)n3nnc(-c4c(Br)cccc4S(N)(=O)=O)n3)c2Br)cc1. The van der Waals surface area contributed by atoms with Gasteiger partial charge < -0.3 is 9.47 Å². The number of methoxy groups -OCH3 is 2. The van der Waals surface area contributed by atoms with Gasteiger partial charge in [0.25, 0.3) is 0 Å². The summed E-state index contributed by atoms with van der Waals surface area (Å²) in [5.41, 5.74) is 2.23. The van der Waals surface area contributed by atoms with Gasteiger partial charge in [-0.1, -0.05) is 42.5 Å². The van der Waals surface area contributed by atoms with Crippen LogP contribution in [-0.2, 0) is 31.3 Å². The van der Waals surface area contributed by atoms with Crippen LogP contribution < -0.4 is 15.0 Å². The fourth-order valence-electron chi connectivity index (χ4n) is 5.45. The van der Waals surface area contributed by atoms with Gasteiger partial charge in [-0.05, 0) is 101 Å². The molecule has 20 heteroatoms. The van der Waals surface area contributed by atoms with Gasteiger partial charge in [-0.25, -0.2) is 31.8 Å². The lowest BCUT2D eigenvalue weighted by atomic mass is 9.92. The van der Waals surface area contributed by atoms with Crippen LogP contribution in [0.2, 0.25) is 0 Å². The summed E-state index contributed by atoms with van der Waals surface area (Å²) in [7, 11) is -5.31. The number of benzene rings is 3. The van der Waals surface area contributed by atoms with Crippen molar-refractivity contribution in [3.8, 4) is 28.5 Å². The van der Waals surface area contributed by atoms with Crippen molar-refractivity contribution in [1.82, 2.24) is 40.4 Å². The van der Waals surface area contributed by atoms with Crippen molar-refractivity contribution >= 4 is 51.9 Å². The number of hydrogen-bond donors (Lipinski definition) is 2.